The fourth-order valence-corrected chi connectivity index (χ4v) is 48.8. The molecule has 0 N–H and O–H groups in total. The molecule has 0 bridgehead atoms. The van der Waals surface area contributed by atoms with Gasteiger partial charge in [0.05, 0.1) is 13.6 Å². The maximum atomic E-state index is 5.11. The molecule has 0 spiro atoms. The Morgan fingerprint density at radius 2 is 0.913 bits per heavy atom. The first-order valence-electron chi connectivity index (χ1n) is 3.92. The normalized spacial score (nSPS) is 11.9. The van der Waals surface area contributed by atoms with E-state index in [1.165, 1.54) is 19.7 Å². The highest BCUT2D eigenvalue weighted by Crippen LogP contribution is 2.64. The number of hydrogen-bond donors (Lipinski definition) is 1. The van der Waals surface area contributed by atoms with E-state index in [4.69, 9.17) is 26.6 Å². The minimum absolute atomic E-state index is 1.46. The Labute approximate surface area is 214 Å². The molecule has 0 aliphatic carbocycles. The van der Waals surface area contributed by atoms with Crippen LogP contribution in [0, 0.1) is 0 Å². The molecule has 140 valence electrons. The molecule has 0 aliphatic heterocycles. The summed E-state index contributed by atoms with van der Waals surface area (Å²) >= 11 is 14.3. The predicted molar refractivity (Wildman–Crippen MR) is 167 cm³/mol. The Bertz CT molecular complexity index is 319. The van der Waals surface area contributed by atoms with Crippen molar-refractivity contribution in [1.82, 2.24) is 0 Å². The van der Waals surface area contributed by atoms with E-state index in [9.17, 15) is 0 Å². The molecule has 0 rings (SSSR count). The molecule has 0 aromatic rings. The van der Waals surface area contributed by atoms with Gasteiger partial charge in [-0.05, 0) is 101 Å². The largest absolute Gasteiger partial charge is 0.305 e. The Morgan fingerprint density at radius 3 is 1.22 bits per heavy atom. The fraction of sp³-hybridized carbons (Fsp3) is 1.00. The van der Waals surface area contributed by atoms with Gasteiger partial charge in [0.2, 0.25) is 0 Å². The average Bonchev–Trinajstić information content (AvgIpc) is 2.54. The van der Waals surface area contributed by atoms with Crippen molar-refractivity contribution in [2.45, 2.75) is 0 Å². The van der Waals surface area contributed by atoms with Crippen LogP contribution in [0.2, 0.25) is 0 Å². The summed E-state index contributed by atoms with van der Waals surface area (Å²) in [4.78, 5) is 0. The zero-order chi connectivity index (χ0) is 17.2. The summed E-state index contributed by atoms with van der Waals surface area (Å²) in [5.74, 6) is 0. The lowest BCUT2D eigenvalue weighted by Crippen LogP contribution is -1.87. The summed E-state index contributed by atoms with van der Waals surface area (Å²) in [6.07, 6.45) is 0. The van der Waals surface area contributed by atoms with Crippen molar-refractivity contribution in [1.29, 1.82) is 0 Å². The molecule has 0 amide bonds. The van der Waals surface area contributed by atoms with E-state index >= 15 is 0 Å². The first-order chi connectivity index (χ1) is 11.1. The predicted octanol–water partition coefficient (Wildman–Crippen LogP) is 11.5. The molecule has 0 fully saturated rings. The second-order valence-corrected chi connectivity index (χ2v) is 39.3. The SMILES string of the molecule is COS(=S)(=S)SSSSSSSSSSSSSSSSSS. The minimum Gasteiger partial charge on any atom is -0.305 e. The first-order valence-corrected chi connectivity index (χ1v) is 31.1. The van der Waals surface area contributed by atoms with Crippen molar-refractivity contribution in [3.8, 4) is 0 Å². The van der Waals surface area contributed by atoms with E-state index in [2.05, 4.69) is 11.7 Å². The van der Waals surface area contributed by atoms with E-state index in [1.807, 2.05) is 0 Å². The lowest BCUT2D eigenvalue weighted by atomic mass is 11.8. The van der Waals surface area contributed by atoms with E-state index < -0.39 is 6.46 Å². The van der Waals surface area contributed by atoms with E-state index in [1.54, 1.807) is 154 Å². The van der Waals surface area contributed by atoms with Crippen LogP contribution in [0.5, 0.6) is 0 Å². The maximum Gasteiger partial charge on any atom is 0.0817 e. The van der Waals surface area contributed by atoms with Crippen LogP contribution in [0.15, 0.2) is 0 Å². The molecule has 0 radical (unpaired) electrons. The Kier molecular flexibility index (Phi) is 31.0. The number of thiol groups is 1. The topological polar surface area (TPSA) is 9.23 Å². The highest BCUT2D eigenvalue weighted by molar-refractivity contribution is 9.58. The maximum absolute atomic E-state index is 5.11. The zero-order valence-corrected chi connectivity index (χ0v) is 27.2. The van der Waals surface area contributed by atoms with Gasteiger partial charge in [0, 0.05) is 88.4 Å². The van der Waals surface area contributed by atoms with Crippen LogP contribution < -0.4 is 0 Å². The lowest BCUT2D eigenvalue weighted by molar-refractivity contribution is 0.491. The van der Waals surface area contributed by atoms with Gasteiger partial charge in [-0.25, -0.2) is 0 Å². The monoisotopic (exact) mass is 703 g/mol. The van der Waals surface area contributed by atoms with Crippen LogP contribution in [-0.2, 0) is 33.0 Å². The van der Waals surface area contributed by atoms with Crippen LogP contribution >= 0.6 is 179 Å². The van der Waals surface area contributed by atoms with Gasteiger partial charge in [-0.15, -0.1) is 0 Å². The zero-order valence-electron chi connectivity index (χ0n) is 10.0. The van der Waals surface area contributed by atoms with E-state index in [0.29, 0.717) is 0 Å². The van der Waals surface area contributed by atoms with Crippen molar-refractivity contribution in [2.75, 3.05) is 7.11 Å². The third-order valence-electron chi connectivity index (χ3n) is 0.735. The van der Waals surface area contributed by atoms with Crippen LogP contribution in [-0.4, -0.2) is 7.11 Å². The molecule has 0 unspecified atom stereocenters. The van der Waals surface area contributed by atoms with Gasteiger partial charge in [0.25, 0.3) is 0 Å². The van der Waals surface area contributed by atoms with Gasteiger partial charge >= 0.3 is 0 Å². The molecule has 0 heterocycles. The lowest BCUT2D eigenvalue weighted by Gasteiger charge is -2.03. The van der Waals surface area contributed by atoms with Crippen LogP contribution in [0.1, 0.15) is 0 Å². The summed E-state index contributed by atoms with van der Waals surface area (Å²) in [6.45, 7) is -1.77. The van der Waals surface area contributed by atoms with Gasteiger partial charge < -0.3 is 4.18 Å². The molecule has 0 aromatic heterocycles. The minimum atomic E-state index is -1.77. The molecular formula is CH4OS21. The van der Waals surface area contributed by atoms with Crippen LogP contribution in [0.4, 0.5) is 0 Å². The summed E-state index contributed by atoms with van der Waals surface area (Å²) < 4.78 is 5.06. The molecule has 23 heavy (non-hydrogen) atoms. The molecule has 0 saturated carbocycles. The highest BCUT2D eigenvalue weighted by atomic mass is 34.1. The molecular weight excluding hydrogens is 701 g/mol. The second kappa shape index (κ2) is 23.7. The first kappa shape index (κ1) is 30.1. The van der Waals surface area contributed by atoms with Gasteiger partial charge in [-0.2, -0.15) is 0 Å². The van der Waals surface area contributed by atoms with Gasteiger partial charge in [0.1, 0.15) is 0 Å². The number of hydrogen-bond acceptors (Lipinski definition) is 21. The molecule has 1 nitrogen and oxygen atoms in total. The van der Waals surface area contributed by atoms with E-state index in [0.717, 1.165) is 0 Å². The third kappa shape index (κ3) is 25.2. The van der Waals surface area contributed by atoms with Crippen molar-refractivity contribution in [2.24, 2.45) is 0 Å². The van der Waals surface area contributed by atoms with Crippen LogP contribution in [0.25, 0.3) is 0 Å². The Balaban J connectivity index is 3.08. The van der Waals surface area contributed by atoms with Crippen molar-refractivity contribution >= 4 is 208 Å². The van der Waals surface area contributed by atoms with E-state index in [-0.39, 0.29) is 0 Å². The van der Waals surface area contributed by atoms with Crippen molar-refractivity contribution in [3.05, 3.63) is 0 Å². The van der Waals surface area contributed by atoms with Gasteiger partial charge in [0.15, 0.2) is 0 Å². The van der Waals surface area contributed by atoms with Crippen molar-refractivity contribution < 1.29 is 4.18 Å². The fourth-order valence-electron chi connectivity index (χ4n) is 0.233. The van der Waals surface area contributed by atoms with Crippen LogP contribution in [0.3, 0.4) is 0 Å². The molecule has 0 aromatic carbocycles. The average molecular weight is 705 g/mol. The van der Waals surface area contributed by atoms with Gasteiger partial charge in [-0.1, -0.05) is 11.7 Å². The molecule has 22 heteroatoms. The number of rotatable bonds is 18. The van der Waals surface area contributed by atoms with Crippen molar-refractivity contribution in [3.63, 3.8) is 0 Å². The summed E-state index contributed by atoms with van der Waals surface area (Å²) in [6, 6.07) is 0. The molecule has 0 atom stereocenters. The molecule has 0 aliphatic rings. The Morgan fingerprint density at radius 1 is 0.609 bits per heavy atom. The molecule has 0 saturated heterocycles. The third-order valence-corrected chi connectivity index (χ3v) is 43.3. The van der Waals surface area contributed by atoms with Gasteiger partial charge in [-0.3, -0.25) is 0 Å². The second-order valence-electron chi connectivity index (χ2n) is 1.74. The Hall–Kier alpha value is 7.05. The summed E-state index contributed by atoms with van der Waals surface area (Å²) in [7, 11) is 30.6. The standard InChI is InChI=1S/CH4OS21/c1-2-23(4,5)22-21-20-19-18-17-16-15-14-13-12-11-10-9-8-7-6-3/h3H,1H3. The highest BCUT2D eigenvalue weighted by Gasteiger charge is 2.03. The summed E-state index contributed by atoms with van der Waals surface area (Å²) in [5.41, 5.74) is 0. The summed E-state index contributed by atoms with van der Waals surface area (Å²) in [5, 5.41) is 0. The smallest absolute Gasteiger partial charge is 0.0817 e. The quantitative estimate of drug-likeness (QED) is 0.0822.